The Labute approximate surface area is 164 Å². The summed E-state index contributed by atoms with van der Waals surface area (Å²) in [4.78, 5) is 21.6. The topological polar surface area (TPSA) is 108 Å². The Hall–Kier alpha value is -3.48. The van der Waals surface area contributed by atoms with Gasteiger partial charge in [-0.15, -0.1) is 0 Å². The van der Waals surface area contributed by atoms with E-state index >= 15 is 0 Å². The van der Waals surface area contributed by atoms with E-state index in [1.807, 2.05) is 19.1 Å². The Bertz CT molecular complexity index is 816. The number of hydrogen-bond donors (Lipinski definition) is 2. The Morgan fingerprint density at radius 2 is 1.82 bits per heavy atom. The molecule has 0 radical (unpaired) electrons. The zero-order valence-electron chi connectivity index (χ0n) is 16.2. The van der Waals surface area contributed by atoms with Crippen LogP contribution in [0.1, 0.15) is 29.8 Å². The second kappa shape index (κ2) is 12.0. The number of carboxylic acids is 1. The number of aromatic carboxylic acids is 1. The molecule has 0 aliphatic heterocycles. The van der Waals surface area contributed by atoms with E-state index < -0.39 is 5.97 Å². The largest absolute Gasteiger partial charge is 0.497 e. The van der Waals surface area contributed by atoms with Gasteiger partial charge in [0.1, 0.15) is 11.5 Å². The Morgan fingerprint density at radius 1 is 1.11 bits per heavy atom. The van der Waals surface area contributed by atoms with Crippen LogP contribution in [0.25, 0.3) is 6.08 Å². The van der Waals surface area contributed by atoms with Crippen molar-refractivity contribution in [2.45, 2.75) is 13.8 Å². The fourth-order valence-corrected chi connectivity index (χ4v) is 2.10. The highest BCUT2D eigenvalue weighted by atomic mass is 16.5. The van der Waals surface area contributed by atoms with Gasteiger partial charge in [0.2, 0.25) is 0 Å². The van der Waals surface area contributed by atoms with Crippen LogP contribution in [0.4, 0.5) is 5.69 Å². The molecule has 0 spiro atoms. The predicted molar refractivity (Wildman–Crippen MR) is 108 cm³/mol. The molecule has 2 aromatic rings. The third kappa shape index (κ3) is 7.41. The van der Waals surface area contributed by atoms with E-state index in [0.29, 0.717) is 30.4 Å². The van der Waals surface area contributed by atoms with Crippen molar-refractivity contribution in [1.82, 2.24) is 0 Å². The minimum Gasteiger partial charge on any atom is -0.497 e. The maximum atomic E-state index is 11.2. The molecule has 7 nitrogen and oxygen atoms in total. The summed E-state index contributed by atoms with van der Waals surface area (Å²) in [6.07, 6.45) is 3.05. The Kier molecular flexibility index (Phi) is 9.67. The first kappa shape index (κ1) is 22.6. The van der Waals surface area contributed by atoms with Crippen molar-refractivity contribution in [3.63, 3.8) is 0 Å². The van der Waals surface area contributed by atoms with Gasteiger partial charge in [0.15, 0.2) is 0 Å². The fraction of sp³-hybridized carbons (Fsp3) is 0.238. The number of carbonyl (C=O) groups excluding carboxylic acids is 1. The van der Waals surface area contributed by atoms with E-state index in [-0.39, 0.29) is 11.5 Å². The summed E-state index contributed by atoms with van der Waals surface area (Å²) in [6, 6.07) is 11.8. The number of hydrogen-bond acceptors (Lipinski definition) is 6. The molecule has 28 heavy (non-hydrogen) atoms. The van der Waals surface area contributed by atoms with Crippen LogP contribution < -0.4 is 15.2 Å². The molecule has 0 unspecified atom stereocenters. The van der Waals surface area contributed by atoms with Crippen molar-refractivity contribution in [3.8, 4) is 11.5 Å². The molecule has 0 atom stereocenters. The zero-order valence-corrected chi connectivity index (χ0v) is 16.2. The molecule has 0 saturated heterocycles. The minimum absolute atomic E-state index is 0.155. The standard InChI is InChI=1S/C14H18O4.C7H7NO2/c1-4-17-13-10-12(16-3)8-6-11(13)7-9-14(15)18-5-2;8-6-4-2-1-3-5(6)7(9)10/h6-10H,4-5H2,1-3H3;1-4H,8H2,(H,9,10)/b9-7+;. The lowest BCUT2D eigenvalue weighted by Crippen LogP contribution is -2.00. The highest BCUT2D eigenvalue weighted by Crippen LogP contribution is 2.26. The van der Waals surface area contributed by atoms with E-state index in [9.17, 15) is 9.59 Å². The number of methoxy groups -OCH3 is 1. The molecule has 0 heterocycles. The maximum Gasteiger partial charge on any atom is 0.337 e. The number of nitrogens with two attached hydrogens (primary N) is 1. The molecule has 0 aliphatic rings. The number of anilines is 1. The number of esters is 1. The first-order chi connectivity index (χ1) is 13.4. The molecule has 3 N–H and O–H groups in total. The lowest BCUT2D eigenvalue weighted by molar-refractivity contribution is -0.137. The molecule has 0 aliphatic carbocycles. The number of rotatable bonds is 7. The van der Waals surface area contributed by atoms with Gasteiger partial charge in [-0.25, -0.2) is 9.59 Å². The van der Waals surface area contributed by atoms with Crippen molar-refractivity contribution in [2.75, 3.05) is 26.1 Å². The van der Waals surface area contributed by atoms with Crippen molar-refractivity contribution in [1.29, 1.82) is 0 Å². The summed E-state index contributed by atoms with van der Waals surface area (Å²) in [5.41, 5.74) is 6.61. The average Bonchev–Trinajstić information content (AvgIpc) is 2.68. The second-order valence-electron chi connectivity index (χ2n) is 5.31. The van der Waals surface area contributed by atoms with Gasteiger partial charge >= 0.3 is 11.9 Å². The number of benzene rings is 2. The number of ether oxygens (including phenoxy) is 3. The summed E-state index contributed by atoms with van der Waals surface area (Å²) in [7, 11) is 1.60. The zero-order chi connectivity index (χ0) is 20.9. The van der Waals surface area contributed by atoms with Gasteiger partial charge in [-0.05, 0) is 44.2 Å². The van der Waals surface area contributed by atoms with Crippen molar-refractivity contribution in [3.05, 3.63) is 59.7 Å². The molecule has 0 amide bonds. The molecule has 0 aromatic heterocycles. The highest BCUT2D eigenvalue weighted by molar-refractivity contribution is 5.93. The van der Waals surface area contributed by atoms with Gasteiger partial charge in [0, 0.05) is 23.4 Å². The van der Waals surface area contributed by atoms with Gasteiger partial charge < -0.3 is 25.1 Å². The van der Waals surface area contributed by atoms with Gasteiger partial charge in [0.05, 0.1) is 25.9 Å². The van der Waals surface area contributed by atoms with Gasteiger partial charge in [0.25, 0.3) is 0 Å². The van der Waals surface area contributed by atoms with Gasteiger partial charge in [-0.3, -0.25) is 0 Å². The third-order valence-corrected chi connectivity index (χ3v) is 3.40. The lowest BCUT2D eigenvalue weighted by Gasteiger charge is -2.09. The fourth-order valence-electron chi connectivity index (χ4n) is 2.10. The van der Waals surface area contributed by atoms with Crippen LogP contribution in [0.2, 0.25) is 0 Å². The number of para-hydroxylation sites is 1. The third-order valence-electron chi connectivity index (χ3n) is 3.40. The van der Waals surface area contributed by atoms with Crippen molar-refractivity contribution >= 4 is 23.7 Å². The second-order valence-corrected chi connectivity index (χ2v) is 5.31. The van der Waals surface area contributed by atoms with E-state index in [1.165, 1.54) is 12.1 Å². The normalized spacial score (nSPS) is 9.96. The number of carbonyl (C=O) groups is 2. The van der Waals surface area contributed by atoms with Crippen LogP contribution >= 0.6 is 0 Å². The van der Waals surface area contributed by atoms with Crippen LogP contribution in [-0.4, -0.2) is 37.4 Å². The molecule has 2 aromatic carbocycles. The van der Waals surface area contributed by atoms with Crippen molar-refractivity contribution < 1.29 is 28.9 Å². The Balaban J connectivity index is 0.000000330. The first-order valence-corrected chi connectivity index (χ1v) is 8.66. The van der Waals surface area contributed by atoms with Gasteiger partial charge in [-0.1, -0.05) is 12.1 Å². The predicted octanol–water partition coefficient (Wildman–Crippen LogP) is 3.64. The van der Waals surface area contributed by atoms with E-state index in [2.05, 4.69) is 0 Å². The highest BCUT2D eigenvalue weighted by Gasteiger charge is 2.04. The average molecular weight is 387 g/mol. The Morgan fingerprint density at radius 3 is 2.36 bits per heavy atom. The summed E-state index contributed by atoms with van der Waals surface area (Å²) in [5.74, 6) is 0.0398. The maximum absolute atomic E-state index is 11.2. The van der Waals surface area contributed by atoms with Crippen molar-refractivity contribution in [2.24, 2.45) is 0 Å². The molecule has 2 rings (SSSR count). The van der Waals surface area contributed by atoms with Crippen LogP contribution in [0.5, 0.6) is 11.5 Å². The smallest absolute Gasteiger partial charge is 0.337 e. The van der Waals surface area contributed by atoms with E-state index in [0.717, 1.165) is 5.56 Å². The molecule has 150 valence electrons. The molecule has 7 heteroatoms. The number of carboxylic acid groups (broad SMARTS) is 1. The molecule has 0 fully saturated rings. The summed E-state index contributed by atoms with van der Waals surface area (Å²) >= 11 is 0. The molecule has 0 bridgehead atoms. The summed E-state index contributed by atoms with van der Waals surface area (Å²) < 4.78 is 15.4. The molecular weight excluding hydrogens is 362 g/mol. The van der Waals surface area contributed by atoms with Gasteiger partial charge in [-0.2, -0.15) is 0 Å². The van der Waals surface area contributed by atoms with Crippen LogP contribution in [0.3, 0.4) is 0 Å². The SMILES string of the molecule is CCOC(=O)/C=C/c1ccc(OC)cc1OCC.Nc1ccccc1C(=O)O. The van der Waals surface area contributed by atoms with Crippen LogP contribution in [-0.2, 0) is 9.53 Å². The first-order valence-electron chi connectivity index (χ1n) is 8.66. The lowest BCUT2D eigenvalue weighted by atomic mass is 10.1. The van der Waals surface area contributed by atoms with Crippen LogP contribution in [0.15, 0.2) is 48.5 Å². The van der Waals surface area contributed by atoms with E-state index in [1.54, 1.807) is 44.4 Å². The molecular formula is C21H25NO6. The summed E-state index contributed by atoms with van der Waals surface area (Å²) in [5, 5.41) is 8.49. The quantitative estimate of drug-likeness (QED) is 0.424. The minimum atomic E-state index is -0.988. The molecule has 0 saturated carbocycles. The van der Waals surface area contributed by atoms with Crippen LogP contribution in [0, 0.1) is 0 Å². The number of nitrogen functional groups attached to an aromatic ring is 1. The van der Waals surface area contributed by atoms with E-state index in [4.69, 9.17) is 25.1 Å². The monoisotopic (exact) mass is 387 g/mol. The summed E-state index contributed by atoms with van der Waals surface area (Å²) in [6.45, 7) is 4.58.